The van der Waals surface area contributed by atoms with Crippen LogP contribution in [0.5, 0.6) is 0 Å². The standard InChI is InChI=1S/C14H21ClN2S/c1-3-10-6-7-12(16-2)13(9-10)18-14-11(15)5-4-8-17-14/h4-5,8,10,12-13,16H,3,6-7,9H2,1-2H3. The van der Waals surface area contributed by atoms with Crippen LogP contribution in [0.3, 0.4) is 0 Å². The van der Waals surface area contributed by atoms with Crippen molar-refractivity contribution in [1.29, 1.82) is 0 Å². The molecule has 100 valence electrons. The number of nitrogens with one attached hydrogen (secondary N) is 1. The fourth-order valence-electron chi connectivity index (χ4n) is 2.64. The summed E-state index contributed by atoms with van der Waals surface area (Å²) in [5, 5.41) is 5.78. The van der Waals surface area contributed by atoms with Crippen LogP contribution < -0.4 is 5.32 Å². The van der Waals surface area contributed by atoms with Crippen LogP contribution in [0.1, 0.15) is 32.6 Å². The van der Waals surface area contributed by atoms with Gasteiger partial charge in [-0.15, -0.1) is 0 Å². The molecule has 0 saturated heterocycles. The van der Waals surface area contributed by atoms with E-state index < -0.39 is 0 Å². The molecule has 0 aliphatic heterocycles. The summed E-state index contributed by atoms with van der Waals surface area (Å²) in [6.07, 6.45) is 6.97. The summed E-state index contributed by atoms with van der Waals surface area (Å²) in [5.41, 5.74) is 0. The number of hydrogen-bond acceptors (Lipinski definition) is 3. The summed E-state index contributed by atoms with van der Waals surface area (Å²) >= 11 is 8.04. The van der Waals surface area contributed by atoms with Gasteiger partial charge in [0.25, 0.3) is 0 Å². The molecule has 18 heavy (non-hydrogen) atoms. The molecule has 3 unspecified atom stereocenters. The van der Waals surface area contributed by atoms with Gasteiger partial charge in [-0.25, -0.2) is 4.98 Å². The monoisotopic (exact) mass is 284 g/mol. The largest absolute Gasteiger partial charge is 0.316 e. The third kappa shape index (κ3) is 3.40. The van der Waals surface area contributed by atoms with Gasteiger partial charge in [-0.2, -0.15) is 0 Å². The van der Waals surface area contributed by atoms with Crippen LogP contribution >= 0.6 is 23.4 Å². The van der Waals surface area contributed by atoms with Crippen LogP contribution in [-0.2, 0) is 0 Å². The predicted molar refractivity (Wildman–Crippen MR) is 79.4 cm³/mol. The highest BCUT2D eigenvalue weighted by molar-refractivity contribution is 8.00. The van der Waals surface area contributed by atoms with Crippen molar-refractivity contribution in [3.8, 4) is 0 Å². The van der Waals surface area contributed by atoms with Crippen LogP contribution in [0.25, 0.3) is 0 Å². The first kappa shape index (κ1) is 14.2. The van der Waals surface area contributed by atoms with Crippen LogP contribution in [0.4, 0.5) is 0 Å². The van der Waals surface area contributed by atoms with Crippen molar-refractivity contribution in [3.05, 3.63) is 23.4 Å². The summed E-state index contributed by atoms with van der Waals surface area (Å²) in [6.45, 7) is 2.29. The van der Waals surface area contributed by atoms with Crippen LogP contribution in [0.15, 0.2) is 23.4 Å². The molecule has 0 amide bonds. The van der Waals surface area contributed by atoms with E-state index in [1.165, 1.54) is 25.7 Å². The molecule has 1 fully saturated rings. The summed E-state index contributed by atoms with van der Waals surface area (Å²) in [6, 6.07) is 4.39. The molecule has 2 nitrogen and oxygen atoms in total. The highest BCUT2D eigenvalue weighted by atomic mass is 35.5. The Morgan fingerprint density at radius 2 is 2.33 bits per heavy atom. The van der Waals surface area contributed by atoms with E-state index in [4.69, 9.17) is 11.6 Å². The highest BCUT2D eigenvalue weighted by Crippen LogP contribution is 2.38. The second-order valence-electron chi connectivity index (χ2n) is 4.93. The lowest BCUT2D eigenvalue weighted by Crippen LogP contribution is -2.40. The summed E-state index contributed by atoms with van der Waals surface area (Å²) in [5.74, 6) is 0.856. The molecule has 2 rings (SSSR count). The van der Waals surface area contributed by atoms with Crippen LogP contribution in [0, 0.1) is 5.92 Å². The summed E-state index contributed by atoms with van der Waals surface area (Å²) < 4.78 is 0. The Balaban J connectivity index is 2.07. The fraction of sp³-hybridized carbons (Fsp3) is 0.643. The number of rotatable bonds is 4. The molecule has 1 aromatic rings. The zero-order valence-corrected chi connectivity index (χ0v) is 12.6. The molecule has 1 aliphatic rings. The normalized spacial score (nSPS) is 28.3. The maximum atomic E-state index is 6.20. The number of aromatic nitrogens is 1. The van der Waals surface area contributed by atoms with Crippen molar-refractivity contribution in [1.82, 2.24) is 10.3 Å². The van der Waals surface area contributed by atoms with Gasteiger partial charge < -0.3 is 5.32 Å². The molecular weight excluding hydrogens is 264 g/mol. The Kier molecular flexibility index (Phi) is 5.34. The van der Waals surface area contributed by atoms with Crippen LogP contribution in [0.2, 0.25) is 5.02 Å². The molecule has 3 atom stereocenters. The lowest BCUT2D eigenvalue weighted by Gasteiger charge is -2.35. The van der Waals surface area contributed by atoms with Crippen molar-refractivity contribution < 1.29 is 0 Å². The Hall–Kier alpha value is -0.250. The van der Waals surface area contributed by atoms with Crippen molar-refractivity contribution in [2.24, 2.45) is 5.92 Å². The Bertz CT molecular complexity index is 386. The fourth-order valence-corrected chi connectivity index (χ4v) is 4.29. The number of halogens is 1. The maximum Gasteiger partial charge on any atom is 0.115 e. The van der Waals surface area contributed by atoms with E-state index in [-0.39, 0.29) is 0 Å². The lowest BCUT2D eigenvalue weighted by atomic mass is 9.84. The molecule has 1 heterocycles. The van der Waals surface area contributed by atoms with Gasteiger partial charge in [-0.3, -0.25) is 0 Å². The SMILES string of the molecule is CCC1CCC(NC)C(Sc2ncccc2Cl)C1. The predicted octanol–water partition coefficient (Wildman–Crippen LogP) is 3.99. The van der Waals surface area contributed by atoms with Gasteiger partial charge in [0, 0.05) is 17.5 Å². The second kappa shape index (κ2) is 6.78. The van der Waals surface area contributed by atoms with E-state index >= 15 is 0 Å². The van der Waals surface area contributed by atoms with E-state index in [2.05, 4.69) is 24.3 Å². The maximum absolute atomic E-state index is 6.20. The Morgan fingerprint density at radius 3 is 3.00 bits per heavy atom. The quantitative estimate of drug-likeness (QED) is 0.905. The highest BCUT2D eigenvalue weighted by Gasteiger charge is 2.30. The molecule has 1 aliphatic carbocycles. The molecule has 0 aromatic carbocycles. The van der Waals surface area contributed by atoms with Gasteiger partial charge in [0.05, 0.1) is 5.02 Å². The van der Waals surface area contributed by atoms with E-state index in [0.717, 1.165) is 16.0 Å². The summed E-state index contributed by atoms with van der Waals surface area (Å²) in [7, 11) is 2.06. The Morgan fingerprint density at radius 1 is 1.50 bits per heavy atom. The third-order valence-electron chi connectivity index (χ3n) is 3.84. The molecule has 0 spiro atoms. The zero-order chi connectivity index (χ0) is 13.0. The lowest BCUT2D eigenvalue weighted by molar-refractivity contribution is 0.304. The van der Waals surface area contributed by atoms with E-state index in [0.29, 0.717) is 11.3 Å². The molecule has 0 radical (unpaired) electrons. The van der Waals surface area contributed by atoms with Crippen molar-refractivity contribution >= 4 is 23.4 Å². The minimum absolute atomic E-state index is 0.580. The molecule has 1 saturated carbocycles. The molecular formula is C14H21ClN2S. The van der Waals surface area contributed by atoms with Gasteiger partial charge in [-0.05, 0) is 44.4 Å². The topological polar surface area (TPSA) is 24.9 Å². The average Bonchev–Trinajstić information content (AvgIpc) is 2.41. The van der Waals surface area contributed by atoms with Crippen molar-refractivity contribution in [3.63, 3.8) is 0 Å². The molecule has 0 bridgehead atoms. The minimum atomic E-state index is 0.580. The molecule has 1 N–H and O–H groups in total. The first-order valence-electron chi connectivity index (χ1n) is 6.69. The number of hydrogen-bond donors (Lipinski definition) is 1. The van der Waals surface area contributed by atoms with Gasteiger partial charge in [0.15, 0.2) is 0 Å². The number of thioether (sulfide) groups is 1. The van der Waals surface area contributed by atoms with E-state index in [1.54, 1.807) is 0 Å². The Labute approximate surface area is 119 Å². The van der Waals surface area contributed by atoms with Gasteiger partial charge >= 0.3 is 0 Å². The smallest absolute Gasteiger partial charge is 0.115 e. The van der Waals surface area contributed by atoms with Gasteiger partial charge in [0.1, 0.15) is 5.03 Å². The first-order chi connectivity index (χ1) is 8.74. The summed E-state index contributed by atoms with van der Waals surface area (Å²) in [4.78, 5) is 4.40. The first-order valence-corrected chi connectivity index (χ1v) is 7.94. The molecule has 1 aromatic heterocycles. The number of pyridine rings is 1. The van der Waals surface area contributed by atoms with E-state index in [9.17, 15) is 0 Å². The minimum Gasteiger partial charge on any atom is -0.316 e. The second-order valence-corrected chi connectivity index (χ2v) is 6.56. The molecule has 4 heteroatoms. The van der Waals surface area contributed by atoms with Crippen molar-refractivity contribution in [2.75, 3.05) is 7.05 Å². The third-order valence-corrected chi connectivity index (χ3v) is 5.63. The number of nitrogens with zero attached hydrogens (tertiary/aromatic N) is 1. The zero-order valence-electron chi connectivity index (χ0n) is 11.0. The van der Waals surface area contributed by atoms with Gasteiger partial charge in [-0.1, -0.05) is 36.7 Å². The van der Waals surface area contributed by atoms with E-state index in [1.807, 2.05) is 30.1 Å². The van der Waals surface area contributed by atoms with Crippen molar-refractivity contribution in [2.45, 2.75) is 48.9 Å². The van der Waals surface area contributed by atoms with Gasteiger partial charge in [0.2, 0.25) is 0 Å². The van der Waals surface area contributed by atoms with Crippen LogP contribution in [-0.4, -0.2) is 23.3 Å². The average molecular weight is 285 g/mol.